The Hall–Kier alpha value is 0.177. The van der Waals surface area contributed by atoms with Crippen molar-refractivity contribution in [3.8, 4) is 0 Å². The minimum Gasteiger partial charge on any atom is -0.417 e. The fraction of sp³-hybridized carbons (Fsp3) is 1.00. The summed E-state index contributed by atoms with van der Waals surface area (Å²) in [5, 5.41) is 0. The van der Waals surface area contributed by atoms with Crippen molar-refractivity contribution in [1.82, 2.24) is 0 Å². The predicted molar refractivity (Wildman–Crippen MR) is 86.3 cm³/mol. The molecule has 1 nitrogen and oxygen atoms in total. The average Bonchev–Trinajstić information content (AvgIpc) is 2.86. The van der Waals surface area contributed by atoms with E-state index in [1.807, 2.05) is 0 Å². The van der Waals surface area contributed by atoms with Crippen molar-refractivity contribution in [2.24, 2.45) is 23.2 Å². The van der Waals surface area contributed by atoms with Gasteiger partial charge in [0.25, 0.3) is 0 Å². The van der Waals surface area contributed by atoms with Crippen LogP contribution in [0.5, 0.6) is 0 Å². The molecule has 0 N–H and O–H groups in total. The van der Waals surface area contributed by atoms with Gasteiger partial charge < -0.3 is 4.43 Å². The van der Waals surface area contributed by atoms with Crippen molar-refractivity contribution in [2.45, 2.75) is 82.8 Å². The van der Waals surface area contributed by atoms with Gasteiger partial charge >= 0.3 is 0 Å². The lowest BCUT2D eigenvalue weighted by Gasteiger charge is -2.57. The van der Waals surface area contributed by atoms with Crippen LogP contribution in [0.15, 0.2) is 0 Å². The summed E-state index contributed by atoms with van der Waals surface area (Å²) < 4.78 is 6.62. The minimum atomic E-state index is -1.24. The Labute approximate surface area is 126 Å². The lowest BCUT2D eigenvalue weighted by atomic mass is 9.49. The van der Waals surface area contributed by atoms with Gasteiger partial charge in [-0.2, -0.15) is 0 Å². The second-order valence-corrected chi connectivity index (χ2v) is 13.1. The standard InChI is InChI=1S/C18H32OSi/c1-2-20(7-3-4-8-20)19-6-5-18-12-15-9-16(13-18)11-17(10-15)14-18/h15-17H,2-14H2,1H3. The fourth-order valence-corrected chi connectivity index (χ4v) is 10.5. The third kappa shape index (κ3) is 2.41. The van der Waals surface area contributed by atoms with E-state index >= 15 is 0 Å². The minimum absolute atomic E-state index is 0.733. The molecular formula is C18H32OSi. The third-order valence-corrected chi connectivity index (χ3v) is 12.0. The van der Waals surface area contributed by atoms with E-state index in [0.29, 0.717) is 0 Å². The predicted octanol–water partition coefficient (Wildman–Crippen LogP) is 5.37. The zero-order chi connectivity index (χ0) is 13.6. The first-order chi connectivity index (χ1) is 9.71. The van der Waals surface area contributed by atoms with Gasteiger partial charge in [0.1, 0.15) is 0 Å². The highest BCUT2D eigenvalue weighted by Gasteiger charge is 2.50. The SMILES string of the molecule is CC[Si]1(OCCC23CC4CC(CC(C4)C2)C3)CCCC1. The summed E-state index contributed by atoms with van der Waals surface area (Å²) in [5.74, 6) is 3.31. The lowest BCUT2D eigenvalue weighted by Crippen LogP contribution is -2.47. The molecule has 4 aliphatic carbocycles. The van der Waals surface area contributed by atoms with Crippen LogP contribution in [0.1, 0.15) is 64.7 Å². The van der Waals surface area contributed by atoms with Crippen molar-refractivity contribution < 1.29 is 4.43 Å². The molecule has 5 fully saturated rings. The highest BCUT2D eigenvalue weighted by molar-refractivity contribution is 6.74. The summed E-state index contributed by atoms with van der Waals surface area (Å²) in [6.45, 7) is 3.51. The summed E-state index contributed by atoms with van der Waals surface area (Å²) in [6, 6.07) is 4.29. The maximum Gasteiger partial charge on any atom is 0.192 e. The first-order valence-electron chi connectivity index (χ1n) is 9.35. The lowest BCUT2D eigenvalue weighted by molar-refractivity contribution is -0.0627. The molecular weight excluding hydrogens is 260 g/mol. The molecule has 0 spiro atoms. The average molecular weight is 293 g/mol. The Balaban J connectivity index is 1.35. The van der Waals surface area contributed by atoms with E-state index in [9.17, 15) is 0 Å². The van der Waals surface area contributed by atoms with E-state index in [-0.39, 0.29) is 0 Å². The number of hydrogen-bond donors (Lipinski definition) is 0. The number of rotatable bonds is 5. The summed E-state index contributed by atoms with van der Waals surface area (Å²) >= 11 is 0. The Morgan fingerprint density at radius 2 is 1.50 bits per heavy atom. The van der Waals surface area contributed by atoms with Crippen LogP contribution >= 0.6 is 0 Å². The van der Waals surface area contributed by atoms with Crippen molar-refractivity contribution in [3.63, 3.8) is 0 Å². The normalized spacial score (nSPS) is 45.1. The van der Waals surface area contributed by atoms with E-state index in [0.717, 1.165) is 29.8 Å². The highest BCUT2D eigenvalue weighted by Crippen LogP contribution is 2.61. The fourth-order valence-electron chi connectivity index (χ4n) is 6.70. The van der Waals surface area contributed by atoms with Crippen molar-refractivity contribution in [3.05, 3.63) is 0 Å². The second kappa shape index (κ2) is 5.12. The van der Waals surface area contributed by atoms with Gasteiger partial charge in [0.2, 0.25) is 0 Å². The molecule has 2 heteroatoms. The molecule has 0 unspecified atom stereocenters. The van der Waals surface area contributed by atoms with E-state index in [1.54, 1.807) is 38.5 Å². The van der Waals surface area contributed by atoms with Crippen molar-refractivity contribution in [2.75, 3.05) is 6.61 Å². The van der Waals surface area contributed by atoms with Gasteiger partial charge in [-0.15, -0.1) is 0 Å². The molecule has 1 saturated heterocycles. The van der Waals surface area contributed by atoms with E-state index in [2.05, 4.69) is 6.92 Å². The summed E-state index contributed by atoms with van der Waals surface area (Å²) in [4.78, 5) is 0. The molecule has 114 valence electrons. The van der Waals surface area contributed by atoms with Crippen LogP contribution in [0, 0.1) is 23.2 Å². The molecule has 0 aromatic carbocycles. The van der Waals surface area contributed by atoms with Crippen LogP contribution in [0.4, 0.5) is 0 Å². The summed E-state index contributed by atoms with van der Waals surface area (Å²) in [5.41, 5.74) is 0.733. The Kier molecular flexibility index (Phi) is 3.54. The quantitative estimate of drug-likeness (QED) is 0.619. The van der Waals surface area contributed by atoms with Crippen LogP contribution in [-0.2, 0) is 4.43 Å². The zero-order valence-electron chi connectivity index (χ0n) is 13.3. The maximum atomic E-state index is 6.62. The zero-order valence-corrected chi connectivity index (χ0v) is 14.3. The summed E-state index contributed by atoms with van der Waals surface area (Å²) in [6.07, 6.45) is 13.7. The summed E-state index contributed by atoms with van der Waals surface area (Å²) in [7, 11) is -1.24. The molecule has 0 amide bonds. The van der Waals surface area contributed by atoms with Crippen LogP contribution < -0.4 is 0 Å². The van der Waals surface area contributed by atoms with E-state index < -0.39 is 8.32 Å². The van der Waals surface area contributed by atoms with Crippen LogP contribution in [-0.4, -0.2) is 14.9 Å². The van der Waals surface area contributed by atoms with Gasteiger partial charge in [0.05, 0.1) is 0 Å². The second-order valence-electron chi connectivity index (χ2n) is 8.76. The molecule has 5 aliphatic rings. The maximum absolute atomic E-state index is 6.62. The van der Waals surface area contributed by atoms with Gasteiger partial charge in [-0.25, -0.2) is 0 Å². The third-order valence-electron chi connectivity index (χ3n) is 7.36. The van der Waals surface area contributed by atoms with Gasteiger partial charge in [-0.1, -0.05) is 19.8 Å². The Morgan fingerprint density at radius 3 is 2.00 bits per heavy atom. The molecule has 0 aromatic heterocycles. The molecule has 4 saturated carbocycles. The Bertz CT molecular complexity index is 323. The molecule has 4 bridgehead atoms. The largest absolute Gasteiger partial charge is 0.417 e. The van der Waals surface area contributed by atoms with Crippen LogP contribution in [0.3, 0.4) is 0 Å². The Morgan fingerprint density at radius 1 is 0.950 bits per heavy atom. The topological polar surface area (TPSA) is 9.23 Å². The molecule has 0 aromatic rings. The van der Waals surface area contributed by atoms with Crippen molar-refractivity contribution >= 4 is 8.32 Å². The molecule has 1 heterocycles. The molecule has 20 heavy (non-hydrogen) atoms. The smallest absolute Gasteiger partial charge is 0.192 e. The highest BCUT2D eigenvalue weighted by atomic mass is 28.4. The van der Waals surface area contributed by atoms with Gasteiger partial charge in [-0.05, 0) is 86.2 Å². The first kappa shape index (κ1) is 13.8. The molecule has 0 radical (unpaired) electrons. The van der Waals surface area contributed by atoms with Crippen LogP contribution in [0.25, 0.3) is 0 Å². The molecule has 1 aliphatic heterocycles. The number of hydrogen-bond acceptors (Lipinski definition) is 1. The molecule has 0 atom stereocenters. The van der Waals surface area contributed by atoms with Gasteiger partial charge in [-0.3, -0.25) is 0 Å². The molecule has 5 rings (SSSR count). The first-order valence-corrected chi connectivity index (χ1v) is 11.9. The van der Waals surface area contributed by atoms with Crippen molar-refractivity contribution in [1.29, 1.82) is 0 Å². The van der Waals surface area contributed by atoms with E-state index in [1.165, 1.54) is 37.4 Å². The van der Waals surface area contributed by atoms with Gasteiger partial charge in [0, 0.05) is 6.61 Å². The van der Waals surface area contributed by atoms with Crippen LogP contribution in [0.2, 0.25) is 18.1 Å². The monoisotopic (exact) mass is 292 g/mol. The van der Waals surface area contributed by atoms with E-state index in [4.69, 9.17) is 4.43 Å². The van der Waals surface area contributed by atoms with Gasteiger partial charge in [0.15, 0.2) is 8.32 Å².